The number of nitrogens with zero attached hydrogens (tertiary/aromatic N) is 2. The van der Waals surface area contributed by atoms with Crippen molar-refractivity contribution in [3.05, 3.63) is 36.3 Å². The summed E-state index contributed by atoms with van der Waals surface area (Å²) in [5, 5.41) is 9.97. The molecular formula is C20H27N3O3. The summed E-state index contributed by atoms with van der Waals surface area (Å²) in [6, 6.07) is 5.59. The first-order valence-electron chi connectivity index (χ1n) is 9.06. The molecule has 0 spiro atoms. The fourth-order valence-corrected chi connectivity index (χ4v) is 3.57. The van der Waals surface area contributed by atoms with E-state index in [4.69, 9.17) is 4.74 Å². The van der Waals surface area contributed by atoms with Crippen LogP contribution in [-0.2, 0) is 0 Å². The lowest BCUT2D eigenvalue weighted by molar-refractivity contribution is 0.0357. The smallest absolute Gasteiger partial charge is 0.270 e. The van der Waals surface area contributed by atoms with E-state index in [9.17, 15) is 9.90 Å². The van der Waals surface area contributed by atoms with Crippen LogP contribution >= 0.6 is 0 Å². The number of carbonyl (C=O) groups is 1. The lowest BCUT2D eigenvalue weighted by Gasteiger charge is -2.34. The number of ether oxygens (including phenoxy) is 1. The van der Waals surface area contributed by atoms with Gasteiger partial charge in [0.15, 0.2) is 0 Å². The van der Waals surface area contributed by atoms with Gasteiger partial charge in [0.05, 0.1) is 12.7 Å². The number of pyridine rings is 1. The highest BCUT2D eigenvalue weighted by molar-refractivity contribution is 5.94. The summed E-state index contributed by atoms with van der Waals surface area (Å²) in [5.41, 5.74) is 1.82. The zero-order chi connectivity index (χ0) is 18.7. The first kappa shape index (κ1) is 18.5. The summed E-state index contributed by atoms with van der Waals surface area (Å²) in [7, 11) is 1.58. The highest BCUT2D eigenvalue weighted by Crippen LogP contribution is 2.27. The average Bonchev–Trinajstić information content (AvgIpc) is 3.10. The Bertz CT molecular complexity index is 738. The van der Waals surface area contributed by atoms with Gasteiger partial charge in [-0.2, -0.15) is 0 Å². The Balaban J connectivity index is 1.61. The van der Waals surface area contributed by atoms with Crippen molar-refractivity contribution >= 4 is 5.91 Å². The van der Waals surface area contributed by atoms with Crippen LogP contribution in [0.5, 0.6) is 5.88 Å². The van der Waals surface area contributed by atoms with Gasteiger partial charge < -0.3 is 19.7 Å². The van der Waals surface area contributed by atoms with Crippen LogP contribution in [0.15, 0.2) is 30.6 Å². The van der Waals surface area contributed by atoms with Gasteiger partial charge in [-0.15, -0.1) is 0 Å². The summed E-state index contributed by atoms with van der Waals surface area (Å²) in [6.45, 7) is 5.16. The lowest BCUT2D eigenvalue weighted by atomic mass is 9.86. The van der Waals surface area contributed by atoms with Crippen molar-refractivity contribution in [3.8, 4) is 17.0 Å². The minimum Gasteiger partial charge on any atom is -0.481 e. The van der Waals surface area contributed by atoms with E-state index in [-0.39, 0.29) is 5.91 Å². The van der Waals surface area contributed by atoms with Crippen LogP contribution in [0, 0.1) is 5.92 Å². The van der Waals surface area contributed by atoms with Gasteiger partial charge in [-0.3, -0.25) is 4.79 Å². The number of piperidine rings is 1. The molecule has 0 aliphatic carbocycles. The highest BCUT2D eigenvalue weighted by Gasteiger charge is 2.27. The molecule has 140 valence electrons. The predicted molar refractivity (Wildman–Crippen MR) is 100 cm³/mol. The van der Waals surface area contributed by atoms with E-state index in [1.807, 2.05) is 37.1 Å². The highest BCUT2D eigenvalue weighted by atomic mass is 16.5. The molecule has 26 heavy (non-hydrogen) atoms. The monoisotopic (exact) mass is 357 g/mol. The van der Waals surface area contributed by atoms with E-state index in [2.05, 4.69) is 9.97 Å². The maximum Gasteiger partial charge on any atom is 0.270 e. The molecule has 6 heteroatoms. The van der Waals surface area contributed by atoms with Crippen LogP contribution in [0.2, 0.25) is 0 Å². The van der Waals surface area contributed by atoms with Crippen molar-refractivity contribution in [1.29, 1.82) is 0 Å². The minimum atomic E-state index is -0.641. The van der Waals surface area contributed by atoms with E-state index in [1.165, 1.54) is 0 Å². The molecule has 3 rings (SSSR count). The summed E-state index contributed by atoms with van der Waals surface area (Å²) in [4.78, 5) is 21.9. The van der Waals surface area contributed by atoms with E-state index < -0.39 is 5.60 Å². The molecule has 1 aliphatic rings. The molecular weight excluding hydrogens is 330 g/mol. The van der Waals surface area contributed by atoms with Crippen LogP contribution in [0.25, 0.3) is 11.1 Å². The Kier molecular flexibility index (Phi) is 5.32. The number of hydrogen-bond donors (Lipinski definition) is 2. The quantitative estimate of drug-likeness (QED) is 0.862. The number of H-pyrrole nitrogens is 1. The summed E-state index contributed by atoms with van der Waals surface area (Å²) >= 11 is 0. The molecule has 2 N–H and O–H groups in total. The first-order valence-corrected chi connectivity index (χ1v) is 9.06. The Hall–Kier alpha value is -2.34. The Morgan fingerprint density at radius 3 is 2.65 bits per heavy atom. The van der Waals surface area contributed by atoms with Crippen molar-refractivity contribution in [2.24, 2.45) is 5.92 Å². The third-order valence-corrected chi connectivity index (χ3v) is 4.88. The molecule has 1 saturated heterocycles. The Morgan fingerprint density at radius 1 is 1.35 bits per heavy atom. The Morgan fingerprint density at radius 2 is 2.08 bits per heavy atom. The topological polar surface area (TPSA) is 78.5 Å². The number of methoxy groups -OCH3 is 1. The SMILES string of the molecule is COc1ccc(-c2c[nH]c(C(=O)N3CCC(CC(C)(C)O)CC3)c2)cn1. The summed E-state index contributed by atoms with van der Waals surface area (Å²) < 4.78 is 5.07. The number of likely N-dealkylation sites (tertiary alicyclic amines) is 1. The van der Waals surface area contributed by atoms with E-state index in [0.29, 0.717) is 17.5 Å². The van der Waals surface area contributed by atoms with Crippen LogP contribution in [-0.4, -0.2) is 51.7 Å². The molecule has 2 aromatic heterocycles. The molecule has 0 unspecified atom stereocenters. The van der Waals surface area contributed by atoms with Gasteiger partial charge >= 0.3 is 0 Å². The maximum atomic E-state index is 12.7. The molecule has 0 radical (unpaired) electrons. The number of aromatic amines is 1. The molecule has 1 aliphatic heterocycles. The van der Waals surface area contributed by atoms with Gasteiger partial charge in [0.2, 0.25) is 5.88 Å². The van der Waals surface area contributed by atoms with Gasteiger partial charge in [0, 0.05) is 42.7 Å². The third kappa shape index (κ3) is 4.43. The van der Waals surface area contributed by atoms with Crippen LogP contribution in [0.1, 0.15) is 43.6 Å². The lowest BCUT2D eigenvalue weighted by Crippen LogP contribution is -2.40. The van der Waals surface area contributed by atoms with E-state index >= 15 is 0 Å². The number of hydrogen-bond acceptors (Lipinski definition) is 4. The summed E-state index contributed by atoms with van der Waals surface area (Å²) in [6.07, 6.45) is 6.22. The van der Waals surface area contributed by atoms with E-state index in [0.717, 1.165) is 43.5 Å². The zero-order valence-corrected chi connectivity index (χ0v) is 15.7. The van der Waals surface area contributed by atoms with Gasteiger partial charge in [-0.1, -0.05) is 0 Å². The second-order valence-corrected chi connectivity index (χ2v) is 7.64. The normalized spacial score (nSPS) is 15.9. The number of nitrogens with one attached hydrogen (secondary N) is 1. The Labute approximate surface area is 154 Å². The van der Waals surface area contributed by atoms with Crippen molar-refractivity contribution in [3.63, 3.8) is 0 Å². The van der Waals surface area contributed by atoms with Crippen LogP contribution < -0.4 is 4.74 Å². The maximum absolute atomic E-state index is 12.7. The predicted octanol–water partition coefficient (Wildman–Crippen LogP) is 3.10. The molecule has 6 nitrogen and oxygen atoms in total. The summed E-state index contributed by atoms with van der Waals surface area (Å²) in [5.74, 6) is 1.07. The van der Waals surface area contributed by atoms with Gasteiger partial charge in [-0.05, 0) is 51.2 Å². The van der Waals surface area contributed by atoms with Crippen molar-refractivity contribution in [1.82, 2.24) is 14.9 Å². The third-order valence-electron chi connectivity index (χ3n) is 4.88. The van der Waals surface area contributed by atoms with Crippen LogP contribution in [0.3, 0.4) is 0 Å². The minimum absolute atomic E-state index is 0.0272. The number of rotatable bonds is 5. The second kappa shape index (κ2) is 7.50. The average molecular weight is 357 g/mol. The fraction of sp³-hybridized carbons (Fsp3) is 0.500. The standard InChI is InChI=1S/C20H27N3O3/c1-20(2,25)11-14-6-8-23(9-7-14)19(24)17-10-16(13-21-17)15-4-5-18(26-3)22-12-15/h4-5,10,12-14,21,25H,6-9,11H2,1-3H3. The molecule has 0 atom stereocenters. The molecule has 0 bridgehead atoms. The van der Waals surface area contributed by atoms with Gasteiger partial charge in [0.25, 0.3) is 5.91 Å². The first-order chi connectivity index (χ1) is 12.4. The molecule has 3 heterocycles. The number of carbonyl (C=O) groups excluding carboxylic acids is 1. The molecule has 2 aromatic rings. The molecule has 0 saturated carbocycles. The zero-order valence-electron chi connectivity index (χ0n) is 15.7. The number of aromatic nitrogens is 2. The molecule has 0 aromatic carbocycles. The van der Waals surface area contributed by atoms with Crippen molar-refractivity contribution in [2.75, 3.05) is 20.2 Å². The largest absolute Gasteiger partial charge is 0.481 e. The second-order valence-electron chi connectivity index (χ2n) is 7.64. The van der Waals surface area contributed by atoms with Gasteiger partial charge in [0.1, 0.15) is 5.69 Å². The number of aliphatic hydroxyl groups is 1. The van der Waals surface area contributed by atoms with Crippen molar-refractivity contribution < 1.29 is 14.6 Å². The van der Waals surface area contributed by atoms with Crippen LogP contribution in [0.4, 0.5) is 0 Å². The fourth-order valence-electron chi connectivity index (χ4n) is 3.57. The number of amides is 1. The molecule has 1 amide bonds. The van der Waals surface area contributed by atoms with Gasteiger partial charge in [-0.25, -0.2) is 4.98 Å². The van der Waals surface area contributed by atoms with Crippen molar-refractivity contribution in [2.45, 2.75) is 38.7 Å². The van der Waals surface area contributed by atoms with E-state index in [1.54, 1.807) is 19.4 Å². The molecule has 1 fully saturated rings.